The SMILES string of the molecule is COc1cccc(NC2=C(c3ccccc3)C(=O)N(c3ccc(OC)c(Cl)c3)C2=O)c1. The number of anilines is 2. The largest absolute Gasteiger partial charge is 0.497 e. The summed E-state index contributed by atoms with van der Waals surface area (Å²) in [6, 6.07) is 21.0. The van der Waals surface area contributed by atoms with Crippen molar-refractivity contribution in [3.05, 3.63) is 89.1 Å². The van der Waals surface area contributed by atoms with Crippen LogP contribution in [0.15, 0.2) is 78.5 Å². The van der Waals surface area contributed by atoms with E-state index in [-0.39, 0.29) is 11.3 Å². The second-order valence-electron chi connectivity index (χ2n) is 6.74. The van der Waals surface area contributed by atoms with Crippen molar-refractivity contribution in [2.75, 3.05) is 24.4 Å². The lowest BCUT2D eigenvalue weighted by atomic mass is 10.0. The Morgan fingerprint density at radius 3 is 2.29 bits per heavy atom. The summed E-state index contributed by atoms with van der Waals surface area (Å²) in [4.78, 5) is 27.9. The Morgan fingerprint density at radius 1 is 0.839 bits per heavy atom. The number of ether oxygens (including phenoxy) is 2. The highest BCUT2D eigenvalue weighted by atomic mass is 35.5. The van der Waals surface area contributed by atoms with E-state index in [1.165, 1.54) is 13.2 Å². The van der Waals surface area contributed by atoms with Crippen molar-refractivity contribution in [1.29, 1.82) is 0 Å². The molecule has 0 unspecified atom stereocenters. The smallest absolute Gasteiger partial charge is 0.282 e. The summed E-state index contributed by atoms with van der Waals surface area (Å²) >= 11 is 6.24. The van der Waals surface area contributed by atoms with E-state index in [9.17, 15) is 9.59 Å². The Labute approximate surface area is 184 Å². The fourth-order valence-corrected chi connectivity index (χ4v) is 3.64. The number of halogens is 1. The number of rotatable bonds is 6. The van der Waals surface area contributed by atoms with Crippen LogP contribution in [0, 0.1) is 0 Å². The second-order valence-corrected chi connectivity index (χ2v) is 7.14. The summed E-state index contributed by atoms with van der Waals surface area (Å²) < 4.78 is 10.4. The molecule has 0 bridgehead atoms. The van der Waals surface area contributed by atoms with Crippen LogP contribution in [0.2, 0.25) is 5.02 Å². The van der Waals surface area contributed by atoms with Crippen LogP contribution >= 0.6 is 11.6 Å². The highest BCUT2D eigenvalue weighted by molar-refractivity contribution is 6.46. The summed E-state index contributed by atoms with van der Waals surface area (Å²) in [6.07, 6.45) is 0. The Balaban J connectivity index is 1.80. The maximum absolute atomic E-state index is 13.4. The van der Waals surface area contributed by atoms with Gasteiger partial charge in [0.05, 0.1) is 30.5 Å². The van der Waals surface area contributed by atoms with Crippen molar-refractivity contribution in [2.24, 2.45) is 0 Å². The van der Waals surface area contributed by atoms with Gasteiger partial charge in [0.25, 0.3) is 11.8 Å². The highest BCUT2D eigenvalue weighted by Gasteiger charge is 2.40. The maximum Gasteiger partial charge on any atom is 0.282 e. The van der Waals surface area contributed by atoms with E-state index < -0.39 is 11.8 Å². The molecule has 2 amide bonds. The molecule has 0 radical (unpaired) electrons. The van der Waals surface area contributed by atoms with Gasteiger partial charge in [0.2, 0.25) is 0 Å². The van der Waals surface area contributed by atoms with Crippen molar-refractivity contribution < 1.29 is 19.1 Å². The summed E-state index contributed by atoms with van der Waals surface area (Å²) in [5.41, 5.74) is 2.07. The molecule has 3 aromatic rings. The van der Waals surface area contributed by atoms with Gasteiger partial charge in [0.1, 0.15) is 17.2 Å². The van der Waals surface area contributed by atoms with Crippen LogP contribution in [0.4, 0.5) is 11.4 Å². The Bertz CT molecular complexity index is 1190. The fraction of sp³-hybridized carbons (Fsp3) is 0.0833. The molecule has 156 valence electrons. The van der Waals surface area contributed by atoms with E-state index in [4.69, 9.17) is 21.1 Å². The number of nitrogens with one attached hydrogen (secondary N) is 1. The van der Waals surface area contributed by atoms with Gasteiger partial charge in [-0.05, 0) is 35.9 Å². The number of benzene rings is 3. The predicted molar refractivity (Wildman–Crippen MR) is 120 cm³/mol. The third kappa shape index (κ3) is 3.85. The van der Waals surface area contributed by atoms with Crippen LogP contribution in [0.1, 0.15) is 5.56 Å². The minimum Gasteiger partial charge on any atom is -0.497 e. The zero-order valence-electron chi connectivity index (χ0n) is 16.9. The Hall–Kier alpha value is -3.77. The van der Waals surface area contributed by atoms with E-state index in [0.717, 1.165) is 4.90 Å². The van der Waals surface area contributed by atoms with Gasteiger partial charge in [-0.25, -0.2) is 4.90 Å². The Kier molecular flexibility index (Phi) is 5.64. The average Bonchev–Trinajstić information content (AvgIpc) is 3.03. The molecular formula is C24H19ClN2O4. The summed E-state index contributed by atoms with van der Waals surface area (Å²) in [7, 11) is 3.06. The summed E-state index contributed by atoms with van der Waals surface area (Å²) in [5.74, 6) is 0.161. The number of nitrogens with zero attached hydrogens (tertiary/aromatic N) is 1. The molecule has 0 saturated heterocycles. The molecule has 7 heteroatoms. The minimum atomic E-state index is -0.479. The molecule has 6 nitrogen and oxygen atoms in total. The number of imide groups is 1. The molecule has 0 atom stereocenters. The van der Waals surface area contributed by atoms with Gasteiger partial charge in [-0.3, -0.25) is 9.59 Å². The van der Waals surface area contributed by atoms with E-state index in [1.54, 1.807) is 55.6 Å². The normalized spacial score (nSPS) is 13.6. The molecule has 0 spiro atoms. The van der Waals surface area contributed by atoms with Gasteiger partial charge >= 0.3 is 0 Å². The molecular weight excluding hydrogens is 416 g/mol. The van der Waals surface area contributed by atoms with Gasteiger partial charge in [0, 0.05) is 11.8 Å². The first kappa shape index (κ1) is 20.5. The van der Waals surface area contributed by atoms with E-state index in [0.29, 0.717) is 33.5 Å². The van der Waals surface area contributed by atoms with Crippen molar-refractivity contribution in [1.82, 2.24) is 0 Å². The zero-order chi connectivity index (χ0) is 22.0. The second kappa shape index (κ2) is 8.53. The van der Waals surface area contributed by atoms with E-state index in [2.05, 4.69) is 5.32 Å². The van der Waals surface area contributed by atoms with Gasteiger partial charge < -0.3 is 14.8 Å². The van der Waals surface area contributed by atoms with Crippen LogP contribution in [-0.4, -0.2) is 26.0 Å². The fourth-order valence-electron chi connectivity index (χ4n) is 3.39. The lowest BCUT2D eigenvalue weighted by Crippen LogP contribution is -2.32. The lowest BCUT2D eigenvalue weighted by molar-refractivity contribution is -0.120. The first-order chi connectivity index (χ1) is 15.0. The third-order valence-electron chi connectivity index (χ3n) is 4.88. The topological polar surface area (TPSA) is 67.9 Å². The van der Waals surface area contributed by atoms with Gasteiger partial charge in [-0.2, -0.15) is 0 Å². The number of carbonyl (C=O) groups excluding carboxylic acids is 2. The quantitative estimate of drug-likeness (QED) is 0.567. The van der Waals surface area contributed by atoms with Crippen molar-refractivity contribution in [3.8, 4) is 11.5 Å². The molecule has 1 N–H and O–H groups in total. The van der Waals surface area contributed by atoms with Crippen LogP contribution in [0.3, 0.4) is 0 Å². The first-order valence-electron chi connectivity index (χ1n) is 9.46. The standard InChI is InChI=1S/C24H19ClN2O4/c1-30-18-10-6-9-16(13-18)26-22-21(15-7-4-3-5-8-15)23(28)27(24(22)29)17-11-12-20(31-2)19(25)14-17/h3-14,26H,1-2H3. The number of carbonyl (C=O) groups is 2. The molecule has 0 saturated carbocycles. The van der Waals surface area contributed by atoms with Crippen molar-refractivity contribution in [2.45, 2.75) is 0 Å². The Morgan fingerprint density at radius 2 is 1.61 bits per heavy atom. The highest BCUT2D eigenvalue weighted by Crippen LogP contribution is 2.36. The molecule has 4 rings (SSSR count). The van der Waals surface area contributed by atoms with Crippen molar-refractivity contribution >= 4 is 40.4 Å². The molecule has 1 aliphatic heterocycles. The number of hydrogen-bond acceptors (Lipinski definition) is 5. The van der Waals surface area contributed by atoms with Crippen LogP contribution in [-0.2, 0) is 9.59 Å². The van der Waals surface area contributed by atoms with Crippen LogP contribution in [0.25, 0.3) is 5.57 Å². The number of amides is 2. The molecule has 31 heavy (non-hydrogen) atoms. The molecule has 0 fully saturated rings. The maximum atomic E-state index is 13.4. The summed E-state index contributed by atoms with van der Waals surface area (Å²) in [5, 5.41) is 3.41. The van der Waals surface area contributed by atoms with Gasteiger partial charge in [0.15, 0.2) is 0 Å². The van der Waals surface area contributed by atoms with E-state index >= 15 is 0 Å². The lowest BCUT2D eigenvalue weighted by Gasteiger charge is -2.16. The molecule has 0 aromatic heterocycles. The van der Waals surface area contributed by atoms with Gasteiger partial charge in [-0.1, -0.05) is 48.0 Å². The number of methoxy groups -OCH3 is 2. The molecule has 1 aliphatic rings. The minimum absolute atomic E-state index is 0.177. The summed E-state index contributed by atoms with van der Waals surface area (Å²) in [6.45, 7) is 0. The zero-order valence-corrected chi connectivity index (χ0v) is 17.6. The third-order valence-corrected chi connectivity index (χ3v) is 5.17. The molecule has 0 aliphatic carbocycles. The average molecular weight is 435 g/mol. The first-order valence-corrected chi connectivity index (χ1v) is 9.84. The van der Waals surface area contributed by atoms with Crippen molar-refractivity contribution in [3.63, 3.8) is 0 Å². The number of hydrogen-bond donors (Lipinski definition) is 1. The molecule has 3 aromatic carbocycles. The molecule has 1 heterocycles. The monoisotopic (exact) mass is 434 g/mol. The van der Waals surface area contributed by atoms with Crippen LogP contribution in [0.5, 0.6) is 11.5 Å². The van der Waals surface area contributed by atoms with Gasteiger partial charge in [-0.15, -0.1) is 0 Å². The predicted octanol–water partition coefficient (Wildman–Crippen LogP) is 4.75. The van der Waals surface area contributed by atoms with E-state index in [1.807, 2.05) is 18.2 Å². The van der Waals surface area contributed by atoms with Crippen LogP contribution < -0.4 is 19.7 Å².